The number of esters is 1. The number of ether oxygens (including phenoxy) is 1. The summed E-state index contributed by atoms with van der Waals surface area (Å²) in [6.45, 7) is 10.4. The van der Waals surface area contributed by atoms with Crippen molar-refractivity contribution in [2.45, 2.75) is 41.0 Å². The van der Waals surface area contributed by atoms with Crippen molar-refractivity contribution in [2.75, 3.05) is 6.61 Å². The van der Waals surface area contributed by atoms with E-state index in [-0.39, 0.29) is 11.4 Å². The van der Waals surface area contributed by atoms with Gasteiger partial charge in [0.05, 0.1) is 12.0 Å². The summed E-state index contributed by atoms with van der Waals surface area (Å²) in [6, 6.07) is 0. The predicted molar refractivity (Wildman–Crippen MR) is 49.9 cm³/mol. The molecule has 0 aliphatic rings. The SMILES string of the molecule is CC(C)CCOC(=O)C(C)(C)C. The third-order valence-electron chi connectivity index (χ3n) is 1.54. The maximum absolute atomic E-state index is 11.2. The van der Waals surface area contributed by atoms with Crippen LogP contribution in [0.15, 0.2) is 0 Å². The van der Waals surface area contributed by atoms with Crippen LogP contribution in [0.4, 0.5) is 0 Å². The fourth-order valence-electron chi connectivity index (χ4n) is 0.604. The molecule has 0 fully saturated rings. The van der Waals surface area contributed by atoms with Crippen molar-refractivity contribution in [3.8, 4) is 0 Å². The fraction of sp³-hybridized carbons (Fsp3) is 0.900. The zero-order valence-electron chi connectivity index (χ0n) is 8.81. The molecule has 0 aromatic rings. The van der Waals surface area contributed by atoms with Crippen LogP contribution in [-0.2, 0) is 9.53 Å². The van der Waals surface area contributed by atoms with Crippen molar-refractivity contribution >= 4 is 5.97 Å². The van der Waals surface area contributed by atoms with Gasteiger partial charge in [0.2, 0.25) is 0 Å². The molecule has 0 N–H and O–H groups in total. The van der Waals surface area contributed by atoms with E-state index in [2.05, 4.69) is 13.8 Å². The molecule has 12 heavy (non-hydrogen) atoms. The molecule has 0 rings (SSSR count). The van der Waals surface area contributed by atoms with Gasteiger partial charge in [0, 0.05) is 0 Å². The molecule has 0 unspecified atom stereocenters. The van der Waals surface area contributed by atoms with E-state index in [1.165, 1.54) is 0 Å². The van der Waals surface area contributed by atoms with Gasteiger partial charge in [-0.2, -0.15) is 0 Å². The monoisotopic (exact) mass is 172 g/mol. The van der Waals surface area contributed by atoms with Crippen LogP contribution in [0.2, 0.25) is 0 Å². The summed E-state index contributed by atoms with van der Waals surface area (Å²) in [5.41, 5.74) is -0.364. The van der Waals surface area contributed by atoms with Gasteiger partial charge < -0.3 is 4.74 Å². The number of carbonyl (C=O) groups excluding carboxylic acids is 1. The Hall–Kier alpha value is -0.530. The normalized spacial score (nSPS) is 11.8. The van der Waals surface area contributed by atoms with E-state index in [1.807, 2.05) is 20.8 Å². The van der Waals surface area contributed by atoms with Gasteiger partial charge in [0.25, 0.3) is 0 Å². The number of carbonyl (C=O) groups is 1. The summed E-state index contributed by atoms with van der Waals surface area (Å²) in [5.74, 6) is 0.487. The van der Waals surface area contributed by atoms with Gasteiger partial charge in [0.1, 0.15) is 0 Å². The van der Waals surface area contributed by atoms with Gasteiger partial charge in [-0.15, -0.1) is 0 Å². The Balaban J connectivity index is 3.59. The van der Waals surface area contributed by atoms with Gasteiger partial charge in [0.15, 0.2) is 0 Å². The molecule has 0 radical (unpaired) electrons. The lowest BCUT2D eigenvalue weighted by atomic mass is 9.97. The minimum Gasteiger partial charge on any atom is -0.465 e. The Morgan fingerprint density at radius 1 is 1.33 bits per heavy atom. The van der Waals surface area contributed by atoms with Crippen LogP contribution < -0.4 is 0 Å². The minimum absolute atomic E-state index is 0.108. The van der Waals surface area contributed by atoms with Crippen LogP contribution in [0.5, 0.6) is 0 Å². The Morgan fingerprint density at radius 2 is 1.83 bits per heavy atom. The van der Waals surface area contributed by atoms with E-state index < -0.39 is 0 Å². The molecule has 2 heteroatoms. The number of hydrogen-bond acceptors (Lipinski definition) is 2. The van der Waals surface area contributed by atoms with Crippen molar-refractivity contribution in [2.24, 2.45) is 11.3 Å². The highest BCUT2D eigenvalue weighted by Crippen LogP contribution is 2.15. The third-order valence-corrected chi connectivity index (χ3v) is 1.54. The van der Waals surface area contributed by atoms with E-state index >= 15 is 0 Å². The van der Waals surface area contributed by atoms with Gasteiger partial charge in [-0.25, -0.2) is 0 Å². The average Bonchev–Trinajstić information content (AvgIpc) is 1.84. The first-order valence-electron chi connectivity index (χ1n) is 4.51. The molecule has 0 saturated heterocycles. The Bertz CT molecular complexity index is 142. The highest BCUT2D eigenvalue weighted by molar-refractivity contribution is 5.75. The van der Waals surface area contributed by atoms with E-state index in [0.717, 1.165) is 6.42 Å². The summed E-state index contributed by atoms with van der Waals surface area (Å²) in [5, 5.41) is 0. The van der Waals surface area contributed by atoms with E-state index in [0.29, 0.717) is 12.5 Å². The quantitative estimate of drug-likeness (QED) is 0.612. The molecule has 0 saturated carbocycles. The molecule has 0 heterocycles. The van der Waals surface area contributed by atoms with Crippen LogP contribution in [0.1, 0.15) is 41.0 Å². The number of hydrogen-bond donors (Lipinski definition) is 0. The molecule has 0 spiro atoms. The molecule has 0 aromatic carbocycles. The predicted octanol–water partition coefficient (Wildman–Crippen LogP) is 2.62. The van der Waals surface area contributed by atoms with Crippen molar-refractivity contribution in [3.63, 3.8) is 0 Å². The van der Waals surface area contributed by atoms with Crippen molar-refractivity contribution < 1.29 is 9.53 Å². The maximum Gasteiger partial charge on any atom is 0.311 e. The summed E-state index contributed by atoms with van der Waals surface area (Å²) >= 11 is 0. The third kappa shape index (κ3) is 5.16. The zero-order chi connectivity index (χ0) is 9.78. The second kappa shape index (κ2) is 4.48. The number of rotatable bonds is 3. The summed E-state index contributed by atoms with van der Waals surface area (Å²) in [7, 11) is 0. The van der Waals surface area contributed by atoms with E-state index in [4.69, 9.17) is 4.74 Å². The highest BCUT2D eigenvalue weighted by atomic mass is 16.5. The maximum atomic E-state index is 11.2. The van der Waals surface area contributed by atoms with Crippen LogP contribution in [0, 0.1) is 11.3 Å². The topological polar surface area (TPSA) is 26.3 Å². The summed E-state index contributed by atoms with van der Waals surface area (Å²) < 4.78 is 5.08. The molecular formula is C10H20O2. The second-order valence-corrected chi connectivity index (χ2v) is 4.57. The van der Waals surface area contributed by atoms with Gasteiger partial charge >= 0.3 is 5.97 Å². The minimum atomic E-state index is -0.364. The van der Waals surface area contributed by atoms with Crippen LogP contribution in [0.3, 0.4) is 0 Å². The first-order valence-corrected chi connectivity index (χ1v) is 4.51. The largest absolute Gasteiger partial charge is 0.465 e. The molecule has 0 bridgehead atoms. The Labute approximate surface area is 75.3 Å². The van der Waals surface area contributed by atoms with E-state index in [9.17, 15) is 4.79 Å². The molecule has 0 aliphatic carbocycles. The van der Waals surface area contributed by atoms with Crippen molar-refractivity contribution in [1.29, 1.82) is 0 Å². The summed E-state index contributed by atoms with van der Waals surface area (Å²) in [6.07, 6.45) is 0.946. The zero-order valence-corrected chi connectivity index (χ0v) is 8.81. The Morgan fingerprint density at radius 3 is 2.17 bits per heavy atom. The van der Waals surface area contributed by atoms with Crippen LogP contribution in [0.25, 0.3) is 0 Å². The Kier molecular flexibility index (Phi) is 4.29. The highest BCUT2D eigenvalue weighted by Gasteiger charge is 2.22. The molecule has 0 aliphatic heterocycles. The molecule has 0 aromatic heterocycles. The lowest BCUT2D eigenvalue weighted by Gasteiger charge is -2.16. The second-order valence-electron chi connectivity index (χ2n) is 4.57. The molecular weight excluding hydrogens is 152 g/mol. The summed E-state index contributed by atoms with van der Waals surface area (Å²) in [4.78, 5) is 11.2. The first-order chi connectivity index (χ1) is 5.34. The van der Waals surface area contributed by atoms with Gasteiger partial charge in [-0.05, 0) is 33.1 Å². The smallest absolute Gasteiger partial charge is 0.311 e. The first kappa shape index (κ1) is 11.5. The van der Waals surface area contributed by atoms with Crippen LogP contribution >= 0.6 is 0 Å². The average molecular weight is 172 g/mol. The van der Waals surface area contributed by atoms with Crippen molar-refractivity contribution in [1.82, 2.24) is 0 Å². The van der Waals surface area contributed by atoms with Crippen LogP contribution in [-0.4, -0.2) is 12.6 Å². The molecule has 2 nitrogen and oxygen atoms in total. The molecule has 72 valence electrons. The standard InChI is InChI=1S/C10H20O2/c1-8(2)6-7-12-9(11)10(3,4)5/h8H,6-7H2,1-5H3. The van der Waals surface area contributed by atoms with Crippen molar-refractivity contribution in [3.05, 3.63) is 0 Å². The molecule has 0 atom stereocenters. The lowest BCUT2D eigenvalue weighted by molar-refractivity contribution is -0.153. The molecule has 0 amide bonds. The van der Waals surface area contributed by atoms with Gasteiger partial charge in [-0.1, -0.05) is 13.8 Å². The van der Waals surface area contributed by atoms with E-state index in [1.54, 1.807) is 0 Å². The fourth-order valence-corrected chi connectivity index (χ4v) is 0.604. The van der Waals surface area contributed by atoms with Gasteiger partial charge in [-0.3, -0.25) is 4.79 Å². The lowest BCUT2D eigenvalue weighted by Crippen LogP contribution is -2.23.